The quantitative estimate of drug-likeness (QED) is 0.909. The summed E-state index contributed by atoms with van der Waals surface area (Å²) in [6.07, 6.45) is 3.13. The lowest BCUT2D eigenvalue weighted by molar-refractivity contribution is 0.581. The standard InChI is InChI=1S/C10H9Cl2N3O2S/c11-8-1-2-9(12)10(3-8)18(16,17)15-6-7-4-13-14-5-7/h1-5,15H,6H2,(H,13,14). The molecule has 0 amide bonds. The zero-order chi connectivity index (χ0) is 13.2. The van der Waals surface area contributed by atoms with Gasteiger partial charge in [-0.2, -0.15) is 5.10 Å². The second-order valence-corrected chi connectivity index (χ2v) is 6.08. The number of rotatable bonds is 4. The molecule has 0 aliphatic rings. The van der Waals surface area contributed by atoms with Gasteiger partial charge in [0.1, 0.15) is 4.90 Å². The van der Waals surface area contributed by atoms with Crippen LogP contribution in [0.2, 0.25) is 10.0 Å². The Hall–Kier alpha value is -1.08. The average molecular weight is 306 g/mol. The van der Waals surface area contributed by atoms with E-state index in [4.69, 9.17) is 23.2 Å². The maximum absolute atomic E-state index is 12.0. The van der Waals surface area contributed by atoms with Crippen LogP contribution in [-0.4, -0.2) is 18.6 Å². The summed E-state index contributed by atoms with van der Waals surface area (Å²) in [5.41, 5.74) is 0.719. The Morgan fingerprint density at radius 2 is 2.11 bits per heavy atom. The molecule has 0 saturated carbocycles. The van der Waals surface area contributed by atoms with Crippen LogP contribution in [0.25, 0.3) is 0 Å². The van der Waals surface area contributed by atoms with Gasteiger partial charge in [0.15, 0.2) is 0 Å². The summed E-state index contributed by atoms with van der Waals surface area (Å²) in [7, 11) is -3.70. The van der Waals surface area contributed by atoms with Crippen LogP contribution >= 0.6 is 23.2 Å². The highest BCUT2D eigenvalue weighted by atomic mass is 35.5. The molecule has 1 aromatic heterocycles. The monoisotopic (exact) mass is 305 g/mol. The van der Waals surface area contributed by atoms with Gasteiger partial charge in [0.25, 0.3) is 0 Å². The molecule has 5 nitrogen and oxygen atoms in total. The van der Waals surface area contributed by atoms with Gasteiger partial charge in [0.2, 0.25) is 10.0 Å². The van der Waals surface area contributed by atoms with Crippen LogP contribution in [0.15, 0.2) is 35.5 Å². The third-order valence-corrected chi connectivity index (χ3v) is 4.32. The molecular weight excluding hydrogens is 297 g/mol. The first-order chi connectivity index (χ1) is 8.49. The van der Waals surface area contributed by atoms with Crippen molar-refractivity contribution in [1.29, 1.82) is 0 Å². The summed E-state index contributed by atoms with van der Waals surface area (Å²) < 4.78 is 26.4. The molecule has 2 rings (SSSR count). The fraction of sp³-hybridized carbons (Fsp3) is 0.100. The van der Waals surface area contributed by atoms with Gasteiger partial charge < -0.3 is 0 Å². The summed E-state index contributed by atoms with van der Waals surface area (Å²) in [5, 5.41) is 6.75. The highest BCUT2D eigenvalue weighted by molar-refractivity contribution is 7.89. The van der Waals surface area contributed by atoms with E-state index in [9.17, 15) is 8.42 Å². The van der Waals surface area contributed by atoms with Crippen LogP contribution in [0.5, 0.6) is 0 Å². The number of aromatic nitrogens is 2. The number of sulfonamides is 1. The van der Waals surface area contributed by atoms with Gasteiger partial charge in [0.05, 0.1) is 11.2 Å². The molecule has 2 N–H and O–H groups in total. The van der Waals surface area contributed by atoms with Crippen molar-refractivity contribution in [2.45, 2.75) is 11.4 Å². The summed E-state index contributed by atoms with van der Waals surface area (Å²) in [4.78, 5) is -0.0415. The Labute approximate surface area is 114 Å². The normalized spacial score (nSPS) is 11.7. The number of nitrogens with zero attached hydrogens (tertiary/aromatic N) is 1. The van der Waals surface area contributed by atoms with Crippen LogP contribution in [0, 0.1) is 0 Å². The molecular formula is C10H9Cl2N3O2S. The largest absolute Gasteiger partial charge is 0.285 e. The zero-order valence-electron chi connectivity index (χ0n) is 9.02. The van der Waals surface area contributed by atoms with Gasteiger partial charge >= 0.3 is 0 Å². The van der Waals surface area contributed by atoms with Gasteiger partial charge in [-0.15, -0.1) is 0 Å². The lowest BCUT2D eigenvalue weighted by atomic mass is 10.4. The molecule has 0 radical (unpaired) electrons. The first-order valence-electron chi connectivity index (χ1n) is 4.91. The molecule has 18 heavy (non-hydrogen) atoms. The zero-order valence-corrected chi connectivity index (χ0v) is 11.4. The molecule has 96 valence electrons. The van der Waals surface area contributed by atoms with E-state index in [1.807, 2.05) is 0 Å². The van der Waals surface area contributed by atoms with Crippen LogP contribution in [-0.2, 0) is 16.6 Å². The van der Waals surface area contributed by atoms with E-state index in [0.29, 0.717) is 5.02 Å². The number of halogens is 2. The molecule has 1 heterocycles. The smallest absolute Gasteiger partial charge is 0.242 e. The Morgan fingerprint density at radius 3 is 2.78 bits per heavy atom. The van der Waals surface area contributed by atoms with Crippen molar-refractivity contribution in [2.75, 3.05) is 0 Å². The van der Waals surface area contributed by atoms with Gasteiger partial charge in [-0.3, -0.25) is 5.10 Å². The van der Waals surface area contributed by atoms with Crippen molar-refractivity contribution >= 4 is 33.2 Å². The van der Waals surface area contributed by atoms with E-state index in [-0.39, 0.29) is 16.5 Å². The Kier molecular flexibility index (Phi) is 3.91. The Bertz CT molecular complexity index is 641. The summed E-state index contributed by atoms with van der Waals surface area (Å²) in [6.45, 7) is 0.127. The van der Waals surface area contributed by atoms with Crippen molar-refractivity contribution in [2.24, 2.45) is 0 Å². The minimum atomic E-state index is -3.70. The van der Waals surface area contributed by atoms with Gasteiger partial charge in [-0.1, -0.05) is 23.2 Å². The molecule has 0 saturated heterocycles. The molecule has 0 aliphatic carbocycles. The maximum atomic E-state index is 12.0. The second-order valence-electron chi connectivity index (χ2n) is 3.51. The first kappa shape index (κ1) is 13.4. The molecule has 1 aromatic carbocycles. The fourth-order valence-electron chi connectivity index (χ4n) is 1.31. The van der Waals surface area contributed by atoms with E-state index in [0.717, 1.165) is 5.56 Å². The molecule has 0 fully saturated rings. The third-order valence-electron chi connectivity index (χ3n) is 2.20. The highest BCUT2D eigenvalue weighted by Crippen LogP contribution is 2.24. The Morgan fingerprint density at radius 1 is 1.33 bits per heavy atom. The maximum Gasteiger partial charge on any atom is 0.242 e. The minimum absolute atomic E-state index is 0.0415. The Balaban J connectivity index is 2.22. The predicted octanol–water partition coefficient (Wildman–Crippen LogP) is 2.19. The van der Waals surface area contributed by atoms with Crippen LogP contribution < -0.4 is 4.72 Å². The van der Waals surface area contributed by atoms with E-state index in [2.05, 4.69) is 14.9 Å². The van der Waals surface area contributed by atoms with E-state index in [1.54, 1.807) is 6.20 Å². The van der Waals surface area contributed by atoms with Gasteiger partial charge in [-0.25, -0.2) is 13.1 Å². The van der Waals surface area contributed by atoms with Crippen LogP contribution in [0.3, 0.4) is 0 Å². The molecule has 0 unspecified atom stereocenters. The predicted molar refractivity (Wildman–Crippen MR) is 69.1 cm³/mol. The lowest BCUT2D eigenvalue weighted by Gasteiger charge is -2.07. The van der Waals surface area contributed by atoms with Crippen LogP contribution in [0.4, 0.5) is 0 Å². The number of aromatic amines is 1. The van der Waals surface area contributed by atoms with Crippen molar-refractivity contribution in [3.05, 3.63) is 46.2 Å². The molecule has 0 atom stereocenters. The second kappa shape index (κ2) is 5.27. The van der Waals surface area contributed by atoms with Crippen molar-refractivity contribution in [3.63, 3.8) is 0 Å². The highest BCUT2D eigenvalue weighted by Gasteiger charge is 2.18. The molecule has 2 aromatic rings. The van der Waals surface area contributed by atoms with E-state index < -0.39 is 10.0 Å². The number of hydrogen-bond donors (Lipinski definition) is 2. The summed E-state index contributed by atoms with van der Waals surface area (Å²) in [6, 6.07) is 4.27. The average Bonchev–Trinajstić information content (AvgIpc) is 2.83. The molecule has 8 heteroatoms. The van der Waals surface area contributed by atoms with Gasteiger partial charge in [-0.05, 0) is 18.2 Å². The van der Waals surface area contributed by atoms with E-state index >= 15 is 0 Å². The summed E-state index contributed by atoms with van der Waals surface area (Å²) in [5.74, 6) is 0. The van der Waals surface area contributed by atoms with Crippen molar-refractivity contribution < 1.29 is 8.42 Å². The number of nitrogens with one attached hydrogen (secondary N) is 2. The minimum Gasteiger partial charge on any atom is -0.285 e. The number of H-pyrrole nitrogens is 1. The third kappa shape index (κ3) is 3.02. The molecule has 0 spiro atoms. The topological polar surface area (TPSA) is 74.8 Å². The SMILES string of the molecule is O=S(=O)(NCc1cn[nH]c1)c1cc(Cl)ccc1Cl. The first-order valence-corrected chi connectivity index (χ1v) is 7.15. The summed E-state index contributed by atoms with van der Waals surface area (Å²) >= 11 is 11.6. The number of benzene rings is 1. The molecule has 0 aliphatic heterocycles. The fourth-order valence-corrected chi connectivity index (χ4v) is 3.09. The van der Waals surface area contributed by atoms with Crippen LogP contribution in [0.1, 0.15) is 5.56 Å². The molecule has 0 bridgehead atoms. The van der Waals surface area contributed by atoms with Gasteiger partial charge in [0, 0.05) is 23.3 Å². The number of hydrogen-bond acceptors (Lipinski definition) is 3. The van der Waals surface area contributed by atoms with E-state index in [1.165, 1.54) is 24.4 Å². The van der Waals surface area contributed by atoms with Crippen molar-refractivity contribution in [3.8, 4) is 0 Å². The van der Waals surface area contributed by atoms with Crippen molar-refractivity contribution in [1.82, 2.24) is 14.9 Å². The lowest BCUT2D eigenvalue weighted by Crippen LogP contribution is -2.23.